The maximum atomic E-state index is 12.0. The van der Waals surface area contributed by atoms with E-state index in [1.165, 1.54) is 0 Å². The molecule has 4 nitrogen and oxygen atoms in total. The smallest absolute Gasteiger partial charge is 0.252 e. The van der Waals surface area contributed by atoms with Gasteiger partial charge in [-0.25, -0.2) is 0 Å². The third kappa shape index (κ3) is 2.16. The van der Waals surface area contributed by atoms with E-state index in [1.807, 2.05) is 6.92 Å². The Morgan fingerprint density at radius 2 is 2.33 bits per heavy atom. The molecule has 0 aromatic rings. The highest BCUT2D eigenvalue weighted by molar-refractivity contribution is 5.81. The second-order valence-corrected chi connectivity index (χ2v) is 5.06. The summed E-state index contributed by atoms with van der Waals surface area (Å²) in [6.45, 7) is 5.60. The average molecular weight is 213 g/mol. The van der Waals surface area contributed by atoms with Crippen LogP contribution < -0.4 is 0 Å². The summed E-state index contributed by atoms with van der Waals surface area (Å²) < 4.78 is 5.43. The van der Waals surface area contributed by atoms with Crippen molar-refractivity contribution in [2.45, 2.75) is 38.4 Å². The lowest BCUT2D eigenvalue weighted by Crippen LogP contribution is -2.41. The van der Waals surface area contributed by atoms with Gasteiger partial charge in [0, 0.05) is 19.7 Å². The predicted octanol–water partition coefficient (Wildman–Crippen LogP) is 0.395. The van der Waals surface area contributed by atoms with Gasteiger partial charge in [0.2, 0.25) is 0 Å². The van der Waals surface area contributed by atoms with Crippen LogP contribution >= 0.6 is 0 Å². The number of rotatable bonds is 1. The minimum absolute atomic E-state index is 0.0535. The summed E-state index contributed by atoms with van der Waals surface area (Å²) >= 11 is 0. The molecule has 0 aromatic heterocycles. The van der Waals surface area contributed by atoms with Gasteiger partial charge in [-0.05, 0) is 25.7 Å². The molecule has 2 aliphatic heterocycles. The first-order chi connectivity index (χ1) is 6.99. The van der Waals surface area contributed by atoms with E-state index >= 15 is 0 Å². The molecule has 0 bridgehead atoms. The number of carbonyl (C=O) groups is 1. The summed E-state index contributed by atoms with van der Waals surface area (Å²) in [6, 6.07) is 0. The fourth-order valence-corrected chi connectivity index (χ4v) is 2.32. The molecule has 4 heteroatoms. The highest BCUT2D eigenvalue weighted by Crippen LogP contribution is 2.26. The van der Waals surface area contributed by atoms with Gasteiger partial charge in [-0.2, -0.15) is 0 Å². The van der Waals surface area contributed by atoms with Crippen molar-refractivity contribution >= 4 is 5.91 Å². The molecule has 3 atom stereocenters. The Labute approximate surface area is 90.2 Å². The van der Waals surface area contributed by atoms with Crippen LogP contribution in [0.5, 0.6) is 0 Å². The molecule has 0 saturated carbocycles. The van der Waals surface area contributed by atoms with Crippen molar-refractivity contribution in [3.63, 3.8) is 0 Å². The molecule has 2 aliphatic rings. The second-order valence-electron chi connectivity index (χ2n) is 5.06. The monoisotopic (exact) mass is 213 g/mol. The maximum absolute atomic E-state index is 12.0. The number of amides is 1. The highest BCUT2D eigenvalue weighted by atomic mass is 16.5. The van der Waals surface area contributed by atoms with Gasteiger partial charge in [0.15, 0.2) is 0 Å². The Balaban J connectivity index is 1.97. The van der Waals surface area contributed by atoms with Gasteiger partial charge in [0.25, 0.3) is 5.91 Å². The highest BCUT2D eigenvalue weighted by Gasteiger charge is 2.40. The lowest BCUT2D eigenvalue weighted by molar-refractivity contribution is -0.142. The van der Waals surface area contributed by atoms with E-state index in [9.17, 15) is 9.90 Å². The standard InChI is InChI=1S/C11H19NO3/c1-8-3-6-15-9(8)10(13)12-5-4-11(2,14)7-12/h8-9,14H,3-7H2,1-2H3. The first kappa shape index (κ1) is 10.9. The Kier molecular flexibility index (Phi) is 2.73. The van der Waals surface area contributed by atoms with E-state index in [0.29, 0.717) is 32.0 Å². The predicted molar refractivity (Wildman–Crippen MR) is 55.3 cm³/mol. The normalized spacial score (nSPS) is 41.1. The Morgan fingerprint density at radius 1 is 1.60 bits per heavy atom. The molecule has 2 saturated heterocycles. The summed E-state index contributed by atoms with van der Waals surface area (Å²) in [7, 11) is 0. The van der Waals surface area contributed by atoms with Crippen LogP contribution in [-0.4, -0.2) is 47.3 Å². The molecule has 1 amide bonds. The van der Waals surface area contributed by atoms with E-state index in [2.05, 4.69) is 0 Å². The van der Waals surface area contributed by atoms with E-state index in [4.69, 9.17) is 4.74 Å². The quantitative estimate of drug-likeness (QED) is 0.685. The van der Waals surface area contributed by atoms with Crippen molar-refractivity contribution in [2.24, 2.45) is 5.92 Å². The fraction of sp³-hybridized carbons (Fsp3) is 0.909. The molecular formula is C11H19NO3. The van der Waals surface area contributed by atoms with Crippen molar-refractivity contribution in [1.82, 2.24) is 4.90 Å². The first-order valence-corrected chi connectivity index (χ1v) is 5.62. The third-order valence-corrected chi connectivity index (χ3v) is 3.39. The molecule has 0 spiro atoms. The third-order valence-electron chi connectivity index (χ3n) is 3.39. The molecule has 2 fully saturated rings. The van der Waals surface area contributed by atoms with Gasteiger partial charge in [0.1, 0.15) is 6.10 Å². The van der Waals surface area contributed by atoms with Crippen molar-refractivity contribution in [2.75, 3.05) is 19.7 Å². The average Bonchev–Trinajstić information content (AvgIpc) is 2.71. The van der Waals surface area contributed by atoms with E-state index in [1.54, 1.807) is 11.8 Å². The fourth-order valence-electron chi connectivity index (χ4n) is 2.32. The van der Waals surface area contributed by atoms with Crippen molar-refractivity contribution in [1.29, 1.82) is 0 Å². The molecule has 0 radical (unpaired) electrons. The zero-order valence-corrected chi connectivity index (χ0v) is 9.40. The molecule has 15 heavy (non-hydrogen) atoms. The van der Waals surface area contributed by atoms with E-state index < -0.39 is 5.60 Å². The number of hydrogen-bond acceptors (Lipinski definition) is 3. The van der Waals surface area contributed by atoms with Gasteiger partial charge in [-0.1, -0.05) is 6.92 Å². The number of nitrogens with zero attached hydrogens (tertiary/aromatic N) is 1. The lowest BCUT2D eigenvalue weighted by atomic mass is 10.0. The number of ether oxygens (including phenoxy) is 1. The van der Waals surface area contributed by atoms with Crippen molar-refractivity contribution < 1.29 is 14.6 Å². The van der Waals surface area contributed by atoms with Crippen LogP contribution in [0.2, 0.25) is 0 Å². The van der Waals surface area contributed by atoms with Gasteiger partial charge in [-0.15, -0.1) is 0 Å². The van der Waals surface area contributed by atoms with Gasteiger partial charge in [-0.3, -0.25) is 4.79 Å². The number of hydrogen-bond donors (Lipinski definition) is 1. The minimum atomic E-state index is -0.711. The van der Waals surface area contributed by atoms with E-state index in [0.717, 1.165) is 6.42 Å². The van der Waals surface area contributed by atoms with Gasteiger partial charge >= 0.3 is 0 Å². The molecule has 3 unspecified atom stereocenters. The van der Waals surface area contributed by atoms with Crippen molar-refractivity contribution in [3.05, 3.63) is 0 Å². The van der Waals surface area contributed by atoms with Crippen molar-refractivity contribution in [3.8, 4) is 0 Å². The molecule has 2 rings (SSSR count). The lowest BCUT2D eigenvalue weighted by Gasteiger charge is -2.23. The zero-order valence-electron chi connectivity index (χ0n) is 9.40. The zero-order chi connectivity index (χ0) is 11.1. The van der Waals surface area contributed by atoms with Gasteiger partial charge < -0.3 is 14.7 Å². The van der Waals surface area contributed by atoms with Gasteiger partial charge in [0.05, 0.1) is 5.60 Å². The van der Waals surface area contributed by atoms with Crippen LogP contribution in [0.4, 0.5) is 0 Å². The number of carbonyl (C=O) groups excluding carboxylic acids is 1. The van der Waals surface area contributed by atoms with Crippen LogP contribution in [0.1, 0.15) is 26.7 Å². The van der Waals surface area contributed by atoms with Crippen LogP contribution in [0, 0.1) is 5.92 Å². The number of β-amino-alcohol motifs (C(OH)–C–C–N with tert-alkyl or cyclic N) is 1. The Hall–Kier alpha value is -0.610. The van der Waals surface area contributed by atoms with Crippen LogP contribution in [0.25, 0.3) is 0 Å². The SMILES string of the molecule is CC1CCOC1C(=O)N1CCC(C)(O)C1. The molecule has 0 aromatic carbocycles. The van der Waals surface area contributed by atoms with E-state index in [-0.39, 0.29) is 12.0 Å². The van der Waals surface area contributed by atoms with Crippen LogP contribution in [0.15, 0.2) is 0 Å². The summed E-state index contributed by atoms with van der Waals surface area (Å²) in [5.74, 6) is 0.362. The summed E-state index contributed by atoms with van der Waals surface area (Å²) in [5.41, 5.74) is -0.711. The first-order valence-electron chi connectivity index (χ1n) is 5.62. The minimum Gasteiger partial charge on any atom is -0.388 e. The van der Waals surface area contributed by atoms with Crippen LogP contribution in [-0.2, 0) is 9.53 Å². The molecule has 86 valence electrons. The topological polar surface area (TPSA) is 49.8 Å². The molecular weight excluding hydrogens is 194 g/mol. The maximum Gasteiger partial charge on any atom is 0.252 e. The summed E-state index contributed by atoms with van der Waals surface area (Å²) in [5, 5.41) is 9.79. The largest absolute Gasteiger partial charge is 0.388 e. The number of likely N-dealkylation sites (tertiary alicyclic amines) is 1. The second kappa shape index (κ2) is 3.76. The van der Waals surface area contributed by atoms with Crippen LogP contribution in [0.3, 0.4) is 0 Å². The molecule has 1 N–H and O–H groups in total. The molecule has 0 aliphatic carbocycles. The summed E-state index contributed by atoms with van der Waals surface area (Å²) in [6.07, 6.45) is 1.35. The Morgan fingerprint density at radius 3 is 2.80 bits per heavy atom. The Bertz CT molecular complexity index is 265. The summed E-state index contributed by atoms with van der Waals surface area (Å²) in [4.78, 5) is 13.8. The number of aliphatic hydroxyl groups is 1. The molecule has 2 heterocycles.